The summed E-state index contributed by atoms with van der Waals surface area (Å²) >= 11 is 1.38. The quantitative estimate of drug-likeness (QED) is 0.815. The number of thioether (sulfide) groups is 1. The zero-order chi connectivity index (χ0) is 14.7. The first-order chi connectivity index (χ1) is 9.51. The van der Waals surface area contributed by atoms with Crippen LogP contribution in [-0.4, -0.2) is 28.5 Å². The predicted octanol–water partition coefficient (Wildman–Crippen LogP) is 2.41. The van der Waals surface area contributed by atoms with Gasteiger partial charge >= 0.3 is 5.97 Å². The lowest BCUT2D eigenvalue weighted by molar-refractivity contribution is -0.141. The van der Waals surface area contributed by atoms with E-state index < -0.39 is 11.9 Å². The summed E-state index contributed by atoms with van der Waals surface area (Å²) in [4.78, 5) is 35.2. The third kappa shape index (κ3) is 3.19. The molecule has 0 bridgehead atoms. The lowest BCUT2D eigenvalue weighted by Gasteiger charge is -2.17. The molecule has 0 saturated carbocycles. The lowest BCUT2D eigenvalue weighted by Crippen LogP contribution is -2.20. The van der Waals surface area contributed by atoms with E-state index in [0.717, 1.165) is 4.90 Å². The molecular weight excluding hydrogens is 278 g/mol. The van der Waals surface area contributed by atoms with Gasteiger partial charge in [-0.25, -0.2) is 0 Å². The minimum atomic E-state index is -0.944. The van der Waals surface area contributed by atoms with Crippen LogP contribution in [0.15, 0.2) is 23.1 Å². The van der Waals surface area contributed by atoms with E-state index in [1.54, 1.807) is 25.1 Å². The molecule has 1 amide bonds. The predicted molar refractivity (Wildman–Crippen MR) is 76.2 cm³/mol. The van der Waals surface area contributed by atoms with E-state index in [1.807, 2.05) is 0 Å². The number of hydrogen-bond acceptors (Lipinski definition) is 4. The highest BCUT2D eigenvalue weighted by Crippen LogP contribution is 2.32. The van der Waals surface area contributed by atoms with Crippen LogP contribution in [0.2, 0.25) is 0 Å². The third-order valence-corrected chi connectivity index (χ3v) is 4.27. The monoisotopic (exact) mass is 293 g/mol. The Bertz CT molecular complexity index is 570. The average molecular weight is 293 g/mol. The maximum atomic E-state index is 12.1. The number of nitrogens with one attached hydrogen (secondary N) is 1. The molecule has 0 radical (unpaired) electrons. The number of carbonyl (C=O) groups is 3. The highest BCUT2D eigenvalue weighted by molar-refractivity contribution is 8.00. The van der Waals surface area contributed by atoms with Crippen molar-refractivity contribution in [2.45, 2.75) is 24.7 Å². The van der Waals surface area contributed by atoms with Gasteiger partial charge < -0.3 is 10.4 Å². The number of carboxylic acids is 1. The minimum absolute atomic E-state index is 0.00163. The highest BCUT2D eigenvalue weighted by atomic mass is 32.2. The Morgan fingerprint density at radius 1 is 1.45 bits per heavy atom. The molecule has 1 aliphatic heterocycles. The lowest BCUT2D eigenvalue weighted by atomic mass is 9.96. The number of aliphatic carboxylic acids is 1. The number of carboxylic acid groups (broad SMARTS) is 1. The van der Waals surface area contributed by atoms with Crippen LogP contribution in [0.25, 0.3) is 0 Å². The molecule has 106 valence electrons. The smallest absolute Gasteiger partial charge is 0.306 e. The molecule has 1 aromatic carbocycles. The molecule has 1 atom stereocenters. The SMILES string of the molecule is CCC(CC(=O)c1ccc2c(c1)SCC(=O)N2)C(=O)O. The fourth-order valence-electron chi connectivity index (χ4n) is 2.00. The van der Waals surface area contributed by atoms with Crippen LogP contribution >= 0.6 is 11.8 Å². The van der Waals surface area contributed by atoms with E-state index >= 15 is 0 Å². The number of rotatable bonds is 5. The van der Waals surface area contributed by atoms with Crippen molar-refractivity contribution in [1.29, 1.82) is 0 Å². The number of benzene rings is 1. The van der Waals surface area contributed by atoms with Crippen LogP contribution in [0.4, 0.5) is 5.69 Å². The first-order valence-corrected chi connectivity index (χ1v) is 7.32. The molecule has 2 rings (SSSR count). The Labute approximate surface area is 120 Å². The summed E-state index contributed by atoms with van der Waals surface area (Å²) < 4.78 is 0. The largest absolute Gasteiger partial charge is 0.481 e. The first kappa shape index (κ1) is 14.6. The van der Waals surface area contributed by atoms with Crippen molar-refractivity contribution >= 4 is 35.1 Å². The van der Waals surface area contributed by atoms with Crippen LogP contribution in [0, 0.1) is 5.92 Å². The Hall–Kier alpha value is -1.82. The van der Waals surface area contributed by atoms with Gasteiger partial charge in [-0.1, -0.05) is 6.92 Å². The van der Waals surface area contributed by atoms with Gasteiger partial charge in [0, 0.05) is 16.9 Å². The molecule has 0 spiro atoms. The molecular formula is C14H15NO4S. The molecule has 0 aliphatic carbocycles. The normalized spacial score (nSPS) is 15.2. The number of Topliss-reactive ketones (excluding diaryl/α,β-unsaturated/α-hetero) is 1. The Morgan fingerprint density at radius 3 is 2.85 bits per heavy atom. The molecule has 6 heteroatoms. The standard InChI is InChI=1S/C14H15NO4S/c1-2-8(14(18)19)5-11(16)9-3-4-10-12(6-9)20-7-13(17)15-10/h3-4,6,8H,2,5,7H2,1H3,(H,15,17)(H,18,19). The van der Waals surface area contributed by atoms with Gasteiger partial charge in [-0.05, 0) is 24.6 Å². The van der Waals surface area contributed by atoms with Crippen molar-refractivity contribution < 1.29 is 19.5 Å². The number of anilines is 1. The molecule has 5 nitrogen and oxygen atoms in total. The van der Waals surface area contributed by atoms with E-state index in [-0.39, 0.29) is 18.1 Å². The molecule has 2 N–H and O–H groups in total. The fourth-order valence-corrected chi connectivity index (χ4v) is 2.84. The van der Waals surface area contributed by atoms with E-state index in [0.29, 0.717) is 23.4 Å². The van der Waals surface area contributed by atoms with Gasteiger partial charge in [-0.2, -0.15) is 0 Å². The molecule has 0 saturated heterocycles. The summed E-state index contributed by atoms with van der Waals surface area (Å²) in [5.74, 6) is -1.50. The number of hydrogen-bond donors (Lipinski definition) is 2. The first-order valence-electron chi connectivity index (χ1n) is 6.34. The van der Waals surface area contributed by atoms with Crippen molar-refractivity contribution in [2.75, 3.05) is 11.1 Å². The minimum Gasteiger partial charge on any atom is -0.481 e. The molecule has 1 aliphatic rings. The van der Waals surface area contributed by atoms with Gasteiger partial charge in [-0.3, -0.25) is 14.4 Å². The van der Waals surface area contributed by atoms with Crippen LogP contribution in [0.1, 0.15) is 30.1 Å². The maximum Gasteiger partial charge on any atom is 0.306 e. The van der Waals surface area contributed by atoms with Gasteiger partial charge in [0.05, 0.1) is 17.4 Å². The Balaban J connectivity index is 2.15. The second kappa shape index (κ2) is 6.09. The average Bonchev–Trinajstić information content (AvgIpc) is 2.43. The number of amides is 1. The highest BCUT2D eigenvalue weighted by Gasteiger charge is 2.22. The summed E-state index contributed by atoms with van der Waals surface area (Å²) in [6, 6.07) is 5.03. The summed E-state index contributed by atoms with van der Waals surface area (Å²) in [6.45, 7) is 1.75. The van der Waals surface area contributed by atoms with Crippen molar-refractivity contribution in [3.8, 4) is 0 Å². The Morgan fingerprint density at radius 2 is 2.20 bits per heavy atom. The molecule has 20 heavy (non-hydrogen) atoms. The topological polar surface area (TPSA) is 83.5 Å². The third-order valence-electron chi connectivity index (χ3n) is 3.21. The fraction of sp³-hybridized carbons (Fsp3) is 0.357. The van der Waals surface area contributed by atoms with Crippen molar-refractivity contribution in [3.63, 3.8) is 0 Å². The van der Waals surface area contributed by atoms with Crippen LogP contribution in [-0.2, 0) is 9.59 Å². The second-order valence-corrected chi connectivity index (χ2v) is 5.64. The van der Waals surface area contributed by atoms with Crippen LogP contribution in [0.3, 0.4) is 0 Å². The zero-order valence-corrected chi connectivity index (χ0v) is 11.8. The van der Waals surface area contributed by atoms with Gasteiger partial charge in [-0.15, -0.1) is 11.8 Å². The number of fused-ring (bicyclic) bond motifs is 1. The van der Waals surface area contributed by atoms with E-state index in [4.69, 9.17) is 5.11 Å². The summed E-state index contributed by atoms with van der Waals surface area (Å²) in [6.07, 6.45) is 0.429. The van der Waals surface area contributed by atoms with Gasteiger partial charge in [0.1, 0.15) is 0 Å². The number of ketones is 1. The van der Waals surface area contributed by atoms with Gasteiger partial charge in [0.25, 0.3) is 0 Å². The Kier molecular flexibility index (Phi) is 4.44. The van der Waals surface area contributed by atoms with Crippen LogP contribution in [0.5, 0.6) is 0 Å². The molecule has 0 aromatic heterocycles. The summed E-state index contributed by atoms with van der Waals surface area (Å²) in [5.41, 5.74) is 1.19. The molecule has 1 unspecified atom stereocenters. The van der Waals surface area contributed by atoms with Crippen molar-refractivity contribution in [2.24, 2.45) is 5.92 Å². The molecule has 1 heterocycles. The van der Waals surface area contributed by atoms with Gasteiger partial charge in [0.15, 0.2) is 5.78 Å². The second-order valence-electron chi connectivity index (χ2n) is 4.62. The molecule has 1 aromatic rings. The summed E-state index contributed by atoms with van der Waals surface area (Å²) in [7, 11) is 0. The van der Waals surface area contributed by atoms with Gasteiger partial charge in [0.2, 0.25) is 5.91 Å². The summed E-state index contributed by atoms with van der Waals surface area (Å²) in [5, 5.41) is 11.7. The van der Waals surface area contributed by atoms with E-state index in [1.165, 1.54) is 11.8 Å². The van der Waals surface area contributed by atoms with E-state index in [9.17, 15) is 14.4 Å². The zero-order valence-electron chi connectivity index (χ0n) is 11.0. The van der Waals surface area contributed by atoms with Crippen molar-refractivity contribution in [3.05, 3.63) is 23.8 Å². The maximum absolute atomic E-state index is 12.1. The van der Waals surface area contributed by atoms with Crippen LogP contribution < -0.4 is 5.32 Å². The van der Waals surface area contributed by atoms with E-state index in [2.05, 4.69) is 5.32 Å². The molecule has 0 fully saturated rings. The van der Waals surface area contributed by atoms with Crippen molar-refractivity contribution in [1.82, 2.24) is 0 Å². The number of carbonyl (C=O) groups excluding carboxylic acids is 2.